The number of aromatic nitrogens is 2. The second-order valence-corrected chi connectivity index (χ2v) is 9.04. The lowest BCUT2D eigenvalue weighted by Crippen LogP contribution is -2.15. The summed E-state index contributed by atoms with van der Waals surface area (Å²) in [5, 5.41) is 0. The van der Waals surface area contributed by atoms with E-state index >= 15 is 0 Å². The predicted molar refractivity (Wildman–Crippen MR) is 133 cm³/mol. The van der Waals surface area contributed by atoms with Crippen molar-refractivity contribution in [1.29, 1.82) is 0 Å². The molecule has 2 rings (SSSR count). The number of rotatable bonds is 18. The van der Waals surface area contributed by atoms with E-state index in [9.17, 15) is 8.78 Å². The molecule has 33 heavy (non-hydrogen) atoms. The molecule has 184 valence electrons. The molecule has 2 unspecified atom stereocenters. The Kier molecular flexibility index (Phi) is 13.6. The molecule has 0 aliphatic carbocycles. The maximum atomic E-state index is 14.1. The third-order valence-corrected chi connectivity index (χ3v) is 6.00. The molecule has 0 saturated carbocycles. The first-order chi connectivity index (χ1) is 16.1. The lowest BCUT2D eigenvalue weighted by Gasteiger charge is -2.12. The number of benzene rings is 1. The minimum absolute atomic E-state index is 0.0997. The van der Waals surface area contributed by atoms with Crippen molar-refractivity contribution in [1.82, 2.24) is 9.97 Å². The van der Waals surface area contributed by atoms with E-state index in [4.69, 9.17) is 4.74 Å². The fourth-order valence-corrected chi connectivity index (χ4v) is 3.86. The normalized spacial score (nSPS) is 13.1. The third kappa shape index (κ3) is 11.6. The molecule has 0 fully saturated rings. The zero-order valence-electron chi connectivity index (χ0n) is 20.6. The quantitative estimate of drug-likeness (QED) is 0.209. The zero-order chi connectivity index (χ0) is 23.7. The Morgan fingerprint density at radius 3 is 2.03 bits per heavy atom. The van der Waals surface area contributed by atoms with Gasteiger partial charge in [-0.05, 0) is 37.7 Å². The summed E-state index contributed by atoms with van der Waals surface area (Å²) < 4.78 is 33.3. The van der Waals surface area contributed by atoms with Gasteiger partial charge in [0.05, 0.1) is 12.4 Å². The number of hydrogen-bond acceptors (Lipinski definition) is 3. The van der Waals surface area contributed by atoms with Crippen molar-refractivity contribution < 1.29 is 13.5 Å². The van der Waals surface area contributed by atoms with Gasteiger partial charge in [-0.15, -0.1) is 0 Å². The minimum Gasteiger partial charge on any atom is -0.487 e. The summed E-state index contributed by atoms with van der Waals surface area (Å²) in [6.07, 6.45) is 13.9. The molecule has 1 aromatic carbocycles. The van der Waals surface area contributed by atoms with Crippen LogP contribution in [0.3, 0.4) is 0 Å². The molecule has 2 atom stereocenters. The Balaban J connectivity index is 1.69. The van der Waals surface area contributed by atoms with Crippen LogP contribution < -0.4 is 4.74 Å². The maximum Gasteiger partial charge on any atom is 0.159 e. The van der Waals surface area contributed by atoms with Crippen LogP contribution in [0.1, 0.15) is 96.5 Å². The van der Waals surface area contributed by atoms with Crippen LogP contribution in [0.15, 0.2) is 36.7 Å². The zero-order valence-corrected chi connectivity index (χ0v) is 20.6. The van der Waals surface area contributed by atoms with Crippen molar-refractivity contribution in [3.63, 3.8) is 0 Å². The largest absolute Gasteiger partial charge is 0.487 e. The molecule has 0 N–H and O–H groups in total. The van der Waals surface area contributed by atoms with Gasteiger partial charge < -0.3 is 4.74 Å². The maximum absolute atomic E-state index is 14.1. The average Bonchev–Trinajstić information content (AvgIpc) is 2.84. The number of halogens is 2. The highest BCUT2D eigenvalue weighted by molar-refractivity contribution is 5.55. The Bertz CT molecular complexity index is 737. The molecule has 0 amide bonds. The van der Waals surface area contributed by atoms with E-state index in [2.05, 4.69) is 35.9 Å². The number of aryl methyl sites for hydroxylation is 1. The molecule has 3 nitrogen and oxygen atoms in total. The average molecular weight is 461 g/mol. The number of alkyl halides is 2. The van der Waals surface area contributed by atoms with Crippen molar-refractivity contribution in [2.24, 2.45) is 0 Å². The van der Waals surface area contributed by atoms with Crippen LogP contribution in [0.5, 0.6) is 5.75 Å². The second-order valence-electron chi connectivity index (χ2n) is 9.04. The van der Waals surface area contributed by atoms with Gasteiger partial charge in [-0.25, -0.2) is 18.7 Å². The standard InChI is InChI=1S/C28H42F2N2O/c1-3-5-7-8-9-11-12-23-14-16-24(17-15-23)28-31-20-27(21-32-28)33-22-26(30)19-18-25(29)13-10-6-4-2/h14-17,20-21,25-26H,3-13,18-19,22H2,1-2H3. The molecular weight excluding hydrogens is 418 g/mol. The molecule has 1 aromatic heterocycles. The highest BCUT2D eigenvalue weighted by Gasteiger charge is 2.13. The van der Waals surface area contributed by atoms with Gasteiger partial charge in [-0.3, -0.25) is 0 Å². The molecular formula is C28H42F2N2O. The predicted octanol–water partition coefficient (Wildman–Crippen LogP) is 8.46. The molecule has 0 radical (unpaired) electrons. The molecule has 2 aromatic rings. The van der Waals surface area contributed by atoms with Gasteiger partial charge >= 0.3 is 0 Å². The van der Waals surface area contributed by atoms with E-state index in [1.54, 1.807) is 12.4 Å². The topological polar surface area (TPSA) is 35.0 Å². The molecule has 5 heteroatoms. The van der Waals surface area contributed by atoms with Crippen LogP contribution in [0.4, 0.5) is 8.78 Å². The SMILES string of the molecule is CCCCCCCCc1ccc(-c2ncc(OCC(F)CCC(F)CCCCC)cn2)cc1. The van der Waals surface area contributed by atoms with Crippen LogP contribution in [-0.2, 0) is 6.42 Å². The van der Waals surface area contributed by atoms with Crippen LogP contribution in [0.25, 0.3) is 11.4 Å². The summed E-state index contributed by atoms with van der Waals surface area (Å²) in [7, 11) is 0. The molecule has 0 spiro atoms. The van der Waals surface area contributed by atoms with Crippen LogP contribution in [-0.4, -0.2) is 28.9 Å². The first-order valence-corrected chi connectivity index (χ1v) is 12.9. The summed E-state index contributed by atoms with van der Waals surface area (Å²) in [6.45, 7) is 4.23. The van der Waals surface area contributed by atoms with Crippen LogP contribution in [0.2, 0.25) is 0 Å². The molecule has 0 bridgehead atoms. The minimum atomic E-state index is -1.19. The van der Waals surface area contributed by atoms with Gasteiger partial charge in [-0.2, -0.15) is 0 Å². The van der Waals surface area contributed by atoms with E-state index in [0.29, 0.717) is 18.0 Å². The Labute approximate surface area is 199 Å². The smallest absolute Gasteiger partial charge is 0.159 e. The molecule has 0 aliphatic rings. The first kappa shape index (κ1) is 27.2. The summed E-state index contributed by atoms with van der Waals surface area (Å²) in [6, 6.07) is 8.38. The highest BCUT2D eigenvalue weighted by Crippen LogP contribution is 2.20. The number of nitrogens with zero attached hydrogens (tertiary/aromatic N) is 2. The fraction of sp³-hybridized carbons (Fsp3) is 0.643. The van der Waals surface area contributed by atoms with E-state index in [1.807, 2.05) is 12.1 Å². The summed E-state index contributed by atoms with van der Waals surface area (Å²) in [5.74, 6) is 1.05. The highest BCUT2D eigenvalue weighted by atomic mass is 19.1. The monoisotopic (exact) mass is 460 g/mol. The first-order valence-electron chi connectivity index (χ1n) is 12.9. The summed E-state index contributed by atoms with van der Waals surface area (Å²) in [5.41, 5.74) is 2.29. The van der Waals surface area contributed by atoms with E-state index in [1.165, 1.54) is 44.1 Å². The molecule has 0 aliphatic heterocycles. The Morgan fingerprint density at radius 2 is 1.33 bits per heavy atom. The van der Waals surface area contributed by atoms with Gasteiger partial charge in [0.1, 0.15) is 19.0 Å². The second kappa shape index (κ2) is 16.6. The number of hydrogen-bond donors (Lipinski definition) is 0. The summed E-state index contributed by atoms with van der Waals surface area (Å²) in [4.78, 5) is 8.72. The van der Waals surface area contributed by atoms with E-state index < -0.39 is 12.3 Å². The fourth-order valence-electron chi connectivity index (χ4n) is 3.86. The van der Waals surface area contributed by atoms with Crippen LogP contribution >= 0.6 is 0 Å². The lowest BCUT2D eigenvalue weighted by atomic mass is 10.0. The van der Waals surface area contributed by atoms with Crippen molar-refractivity contribution in [2.45, 2.75) is 110 Å². The van der Waals surface area contributed by atoms with E-state index in [0.717, 1.165) is 31.2 Å². The van der Waals surface area contributed by atoms with Crippen molar-refractivity contribution >= 4 is 0 Å². The Hall–Kier alpha value is -2.04. The number of ether oxygens (including phenoxy) is 1. The molecule has 0 saturated heterocycles. The van der Waals surface area contributed by atoms with Gasteiger partial charge in [0, 0.05) is 5.56 Å². The van der Waals surface area contributed by atoms with Crippen molar-refractivity contribution in [3.8, 4) is 17.1 Å². The lowest BCUT2D eigenvalue weighted by molar-refractivity contribution is 0.167. The third-order valence-electron chi connectivity index (χ3n) is 6.00. The van der Waals surface area contributed by atoms with Gasteiger partial charge in [-0.1, -0.05) is 89.5 Å². The summed E-state index contributed by atoms with van der Waals surface area (Å²) >= 11 is 0. The van der Waals surface area contributed by atoms with Crippen LogP contribution in [0, 0.1) is 0 Å². The van der Waals surface area contributed by atoms with Crippen molar-refractivity contribution in [2.75, 3.05) is 6.61 Å². The van der Waals surface area contributed by atoms with E-state index in [-0.39, 0.29) is 19.4 Å². The van der Waals surface area contributed by atoms with Gasteiger partial charge in [0.25, 0.3) is 0 Å². The van der Waals surface area contributed by atoms with Gasteiger partial charge in [0.15, 0.2) is 11.6 Å². The molecule has 1 heterocycles. The Morgan fingerprint density at radius 1 is 0.727 bits per heavy atom. The number of unbranched alkanes of at least 4 members (excludes halogenated alkanes) is 7. The van der Waals surface area contributed by atoms with Crippen molar-refractivity contribution in [3.05, 3.63) is 42.2 Å². The van der Waals surface area contributed by atoms with Gasteiger partial charge in [0.2, 0.25) is 0 Å².